The molecule has 3 aliphatic heterocycles. The third-order valence-electron chi connectivity index (χ3n) is 16.7. The first-order valence-corrected chi connectivity index (χ1v) is 39.7. The van der Waals surface area contributed by atoms with Crippen molar-refractivity contribution in [3.63, 3.8) is 0 Å². The maximum Gasteiger partial charge on any atom is 0.397 e. The standard InChI is InChI=1S/C61H71N5O34S6/c1-66(49(71)31-39-25-15-6-16-26-39)51-56(98-104(81,82)83)54-43(91-60(51)95-61-58(100-106(87,88)89)55(97-103(78,79)80)50(44(92-61)34-90-101(72,73)74)65-48(70)30-38-23-13-5-14-24-38)33-42(64-47(69)29-37-21-11-4-12-22-37)59(94-54)93-52-40(62-45(67)27-35-17-7-2-8-18-35)32-41(63-46(68)28-36-19-9-3-10-20-36)53(96-102(75,76)77)57(52)99-105(84,85)86/h2-26,40-44,50-61H,27-34H2,1H3,(H,62,67)(H,63,68)(H,64,69)(H,65,70)(H,72,73,74)(H,75,76,77)(H,78,79,80)(H,81,82,83)(H,84,85,86)(H,87,88,89)/t40?,41-,42-,43?,44?,50?,51?,52?,53+,54?,55+,56?,57+,58-,59+,60?,61+/m1/s1. The fraction of sp³-hybridized carbons (Fsp3) is 0.426. The van der Waals surface area contributed by atoms with E-state index >= 15 is 0 Å². The average molecular weight is 1610 g/mol. The minimum absolute atomic E-state index is 0.230. The summed E-state index contributed by atoms with van der Waals surface area (Å²) < 4.78 is 279. The molecule has 10 N–H and O–H groups in total. The van der Waals surface area contributed by atoms with Gasteiger partial charge in [0, 0.05) is 13.5 Å². The van der Waals surface area contributed by atoms with Gasteiger partial charge in [0.15, 0.2) is 25.0 Å². The van der Waals surface area contributed by atoms with E-state index in [2.05, 4.69) is 25.5 Å². The molecule has 106 heavy (non-hydrogen) atoms. The van der Waals surface area contributed by atoms with E-state index < -0.39 is 247 Å². The highest BCUT2D eigenvalue weighted by Crippen LogP contribution is 2.42. The first-order chi connectivity index (χ1) is 49.7. The molecule has 1 aliphatic carbocycles. The minimum Gasteiger partial charge on any atom is -0.350 e. The number of hydrogen-bond acceptors (Lipinski definition) is 28. The minimum atomic E-state index is -6.06. The van der Waals surface area contributed by atoms with Crippen molar-refractivity contribution in [1.82, 2.24) is 26.2 Å². The van der Waals surface area contributed by atoms with Crippen molar-refractivity contribution < 1.29 is 151 Å². The summed E-state index contributed by atoms with van der Waals surface area (Å²) in [5, 5.41) is 9.90. The molecule has 45 heteroatoms. The Labute approximate surface area is 607 Å². The van der Waals surface area contributed by atoms with E-state index in [9.17, 15) is 102 Å². The molecule has 4 fully saturated rings. The van der Waals surface area contributed by atoms with Gasteiger partial charge in [-0.3, -0.25) is 51.3 Å². The van der Waals surface area contributed by atoms with Crippen LogP contribution in [0.2, 0.25) is 0 Å². The van der Waals surface area contributed by atoms with Gasteiger partial charge in [-0.05, 0) is 34.2 Å². The van der Waals surface area contributed by atoms with Crippen molar-refractivity contribution in [2.45, 2.75) is 149 Å². The lowest BCUT2D eigenvalue weighted by atomic mass is 9.83. The van der Waals surface area contributed by atoms with Crippen LogP contribution in [-0.4, -0.2) is 230 Å². The zero-order valence-electron chi connectivity index (χ0n) is 54.9. The molecule has 3 saturated heterocycles. The molecule has 3 heterocycles. The van der Waals surface area contributed by atoms with Crippen LogP contribution in [0.1, 0.15) is 40.7 Å². The van der Waals surface area contributed by atoms with E-state index in [1.54, 1.807) is 66.7 Å². The SMILES string of the molecule is CN(C(=O)Cc1ccccc1)C1C(O[C@@H]2OC(COS(=O)(=O)O)C(NC(=O)Cc3ccccc3)[C@H](OS(=O)(=O)O)[C@H]2OS(=O)(=O)O)OC2C[C@@H](NC(=O)Cc3ccccc3)[C@@H](OC3C(NC(=O)Cc4ccccc4)C[C@@H](NC(=O)Cc4ccccc4)[C@H](OS(=O)(=O)O)[C@H]3OS(=O)(=O)O)OC2C1OS(=O)(=O)O. The van der Waals surface area contributed by atoms with Crippen LogP contribution < -0.4 is 21.3 Å². The van der Waals surface area contributed by atoms with Crippen LogP contribution in [0.25, 0.3) is 0 Å². The molecular formula is C61H71N5O34S6. The second kappa shape index (κ2) is 35.2. The number of rotatable bonds is 32. The fourth-order valence-corrected chi connectivity index (χ4v) is 15.3. The number of ether oxygens (including phenoxy) is 5. The molecule has 5 aromatic rings. The van der Waals surface area contributed by atoms with Crippen LogP contribution in [0.4, 0.5) is 0 Å². The summed E-state index contributed by atoms with van der Waals surface area (Å²) in [7, 11) is -34.6. The maximum atomic E-state index is 14.8. The third kappa shape index (κ3) is 25.0. The number of hydrogen-bond donors (Lipinski definition) is 10. The van der Waals surface area contributed by atoms with Crippen molar-refractivity contribution in [1.29, 1.82) is 0 Å². The van der Waals surface area contributed by atoms with E-state index in [1.165, 1.54) is 84.9 Å². The third-order valence-corrected chi connectivity index (χ3v) is 19.4. The molecule has 1 saturated carbocycles. The van der Waals surface area contributed by atoms with E-state index in [0.29, 0.717) is 21.6 Å². The van der Waals surface area contributed by atoms with Gasteiger partial charge < -0.3 is 49.9 Å². The summed E-state index contributed by atoms with van der Waals surface area (Å²) >= 11 is 0. The smallest absolute Gasteiger partial charge is 0.350 e. The number of likely N-dealkylation sites (N-methyl/N-ethyl adjacent to an activating group) is 1. The predicted molar refractivity (Wildman–Crippen MR) is 356 cm³/mol. The van der Waals surface area contributed by atoms with E-state index in [4.69, 9.17) is 44.6 Å². The second-order valence-corrected chi connectivity index (χ2v) is 30.7. The van der Waals surface area contributed by atoms with Gasteiger partial charge in [-0.2, -0.15) is 50.5 Å². The second-order valence-electron chi connectivity index (χ2n) is 24.3. The number of carbonyl (C=O) groups excluding carboxylic acids is 5. The van der Waals surface area contributed by atoms with Crippen LogP contribution >= 0.6 is 0 Å². The Bertz CT molecular complexity index is 4590. The van der Waals surface area contributed by atoms with Crippen LogP contribution in [0.5, 0.6) is 0 Å². The average Bonchev–Trinajstić information content (AvgIpc) is 0.747. The number of nitrogens with one attached hydrogen (secondary N) is 4. The lowest BCUT2D eigenvalue weighted by Gasteiger charge is -2.54. The fourth-order valence-electron chi connectivity index (χ4n) is 12.5. The first kappa shape index (κ1) is 82.5. The maximum absolute atomic E-state index is 14.8. The number of fused-ring (bicyclic) bond motifs is 1. The molecule has 39 nitrogen and oxygen atoms in total. The Morgan fingerprint density at radius 2 is 0.755 bits per heavy atom. The Hall–Kier alpha value is -7.53. The van der Waals surface area contributed by atoms with E-state index in [1.807, 2.05) is 0 Å². The molecule has 5 aromatic carbocycles. The van der Waals surface area contributed by atoms with Gasteiger partial charge in [0.1, 0.15) is 48.8 Å². The molecule has 4 aliphatic rings. The van der Waals surface area contributed by atoms with Gasteiger partial charge >= 0.3 is 62.4 Å². The van der Waals surface area contributed by atoms with Gasteiger partial charge in [0.2, 0.25) is 29.5 Å². The molecule has 0 bridgehead atoms. The first-order valence-electron chi connectivity index (χ1n) is 31.5. The predicted octanol–water partition coefficient (Wildman–Crippen LogP) is -0.904. The van der Waals surface area contributed by atoms with E-state index in [0.717, 1.165) is 7.05 Å². The Morgan fingerprint density at radius 3 is 1.18 bits per heavy atom. The Morgan fingerprint density at radius 1 is 0.387 bits per heavy atom. The van der Waals surface area contributed by atoms with Crippen molar-refractivity contribution in [3.8, 4) is 0 Å². The lowest BCUT2D eigenvalue weighted by molar-refractivity contribution is -0.375. The number of benzene rings is 5. The topological polar surface area (TPSA) is 564 Å². The molecule has 0 spiro atoms. The lowest BCUT2D eigenvalue weighted by Crippen LogP contribution is -2.73. The monoisotopic (exact) mass is 1610 g/mol. The van der Waals surface area contributed by atoms with Crippen LogP contribution in [0, 0.1) is 0 Å². The summed E-state index contributed by atoms with van der Waals surface area (Å²) in [6, 6.07) is 27.7. The quantitative estimate of drug-likeness (QED) is 0.0233. The van der Waals surface area contributed by atoms with Gasteiger partial charge in [-0.25, -0.2) is 25.1 Å². The zero-order chi connectivity index (χ0) is 77.1. The van der Waals surface area contributed by atoms with Crippen LogP contribution in [0.3, 0.4) is 0 Å². The molecule has 9 unspecified atom stereocenters. The molecular weight excluding hydrogens is 1540 g/mol. The summed E-state index contributed by atoms with van der Waals surface area (Å²) in [4.78, 5) is 72.0. The van der Waals surface area contributed by atoms with Gasteiger partial charge in [-0.15, -0.1) is 0 Å². The van der Waals surface area contributed by atoms with Gasteiger partial charge in [0.05, 0.1) is 69.0 Å². The van der Waals surface area contributed by atoms with Crippen molar-refractivity contribution in [3.05, 3.63) is 179 Å². The highest BCUT2D eigenvalue weighted by molar-refractivity contribution is 7.82. The molecule has 0 aromatic heterocycles. The highest BCUT2D eigenvalue weighted by Gasteiger charge is 2.61. The summed E-state index contributed by atoms with van der Waals surface area (Å²) in [5.74, 6) is -5.00. The molecule has 580 valence electrons. The summed E-state index contributed by atoms with van der Waals surface area (Å²) in [5.41, 5.74) is 1.53. The molecule has 17 atom stereocenters. The Balaban J connectivity index is 1.19. The highest BCUT2D eigenvalue weighted by atomic mass is 32.3. The molecule has 5 amide bonds. The van der Waals surface area contributed by atoms with Gasteiger partial charge in [0.25, 0.3) is 0 Å². The number of nitrogens with zero attached hydrogens (tertiary/aromatic N) is 1. The normalized spacial score (nSPS) is 27.3. The summed E-state index contributed by atoms with van der Waals surface area (Å²) in [6.07, 6.45) is -35.1. The number of amides is 5. The molecule has 9 rings (SSSR count). The molecule has 0 radical (unpaired) electrons. The van der Waals surface area contributed by atoms with Crippen LogP contribution in [-0.2, 0) is 167 Å². The van der Waals surface area contributed by atoms with E-state index in [-0.39, 0.29) is 11.1 Å². The zero-order valence-corrected chi connectivity index (χ0v) is 59.8. The number of carbonyl (C=O) groups is 5. The van der Waals surface area contributed by atoms with Crippen molar-refractivity contribution in [2.24, 2.45) is 0 Å². The van der Waals surface area contributed by atoms with Crippen molar-refractivity contribution >= 4 is 91.9 Å². The van der Waals surface area contributed by atoms with Crippen molar-refractivity contribution in [2.75, 3.05) is 13.7 Å². The van der Waals surface area contributed by atoms with Crippen LogP contribution in [0.15, 0.2) is 152 Å². The summed E-state index contributed by atoms with van der Waals surface area (Å²) in [6.45, 7) is -1.55. The largest absolute Gasteiger partial charge is 0.397 e. The van der Waals surface area contributed by atoms with Gasteiger partial charge in [-0.1, -0.05) is 152 Å². The Kier molecular flexibility index (Phi) is 27.4.